The molecule has 0 aliphatic heterocycles. The molecule has 0 spiro atoms. The minimum absolute atomic E-state index is 0.349. The molecule has 0 saturated carbocycles. The summed E-state index contributed by atoms with van der Waals surface area (Å²) >= 11 is 0. The zero-order valence-electron chi connectivity index (χ0n) is 16.0. The fourth-order valence-electron chi connectivity index (χ4n) is 3.09. The van der Waals surface area contributed by atoms with Gasteiger partial charge in [0.15, 0.2) is 5.89 Å². The molecular weight excluding hydrogens is 352 g/mol. The number of hydrogen-bond donors (Lipinski definition) is 0. The lowest BCUT2D eigenvalue weighted by atomic mass is 10.0. The van der Waals surface area contributed by atoms with Gasteiger partial charge in [-0.2, -0.15) is 10.4 Å². The minimum Gasteiger partial charge on any atom is -0.423 e. The van der Waals surface area contributed by atoms with Crippen LogP contribution in [0.4, 0.5) is 0 Å². The molecule has 0 N–H and O–H groups in total. The fourth-order valence-corrected chi connectivity index (χ4v) is 3.09. The molecule has 0 saturated heterocycles. The van der Waals surface area contributed by atoms with E-state index in [2.05, 4.69) is 40.0 Å². The Bertz CT molecular complexity index is 1180. The Morgan fingerprint density at radius 1 is 1.21 bits per heavy atom. The lowest BCUT2D eigenvalue weighted by Gasteiger charge is -2.09. The van der Waals surface area contributed by atoms with E-state index in [4.69, 9.17) is 4.42 Å². The van der Waals surface area contributed by atoms with Crippen LogP contribution in [0.5, 0.6) is 0 Å². The second-order valence-electron chi connectivity index (χ2n) is 6.95. The molecule has 4 rings (SSSR count). The zero-order chi connectivity index (χ0) is 19.7. The third kappa shape index (κ3) is 3.37. The van der Waals surface area contributed by atoms with Crippen molar-refractivity contribution in [3.05, 3.63) is 48.4 Å². The van der Waals surface area contributed by atoms with Crippen molar-refractivity contribution in [2.45, 2.75) is 33.7 Å². The predicted octanol–water partition coefficient (Wildman–Crippen LogP) is 4.37. The number of aryl methyl sites for hydroxylation is 1. The Morgan fingerprint density at radius 2 is 2.07 bits per heavy atom. The number of aromatic nitrogens is 5. The van der Waals surface area contributed by atoms with E-state index in [1.165, 1.54) is 0 Å². The summed E-state index contributed by atoms with van der Waals surface area (Å²) in [4.78, 5) is 13.2. The quantitative estimate of drug-likeness (QED) is 0.516. The van der Waals surface area contributed by atoms with Gasteiger partial charge in [0.05, 0.1) is 11.9 Å². The normalized spacial score (nSPS) is 12.2. The molecule has 4 aromatic rings. The maximum Gasteiger partial charge on any atom is 0.246 e. The molecule has 28 heavy (non-hydrogen) atoms. The Morgan fingerprint density at radius 3 is 2.86 bits per heavy atom. The Labute approximate surface area is 162 Å². The average molecular weight is 372 g/mol. The Balaban J connectivity index is 1.81. The number of rotatable bonds is 5. The molecule has 0 bridgehead atoms. The maximum atomic E-state index is 9.30. The van der Waals surface area contributed by atoms with Crippen LogP contribution in [0.1, 0.15) is 31.9 Å². The number of nitriles is 1. The molecule has 4 heterocycles. The Hall–Kier alpha value is -3.53. The largest absolute Gasteiger partial charge is 0.423 e. The molecule has 1 atom stereocenters. The highest BCUT2D eigenvalue weighted by Crippen LogP contribution is 2.31. The molecule has 0 aromatic carbocycles. The van der Waals surface area contributed by atoms with Gasteiger partial charge in [0.1, 0.15) is 17.3 Å². The van der Waals surface area contributed by atoms with Crippen molar-refractivity contribution in [1.82, 2.24) is 24.7 Å². The van der Waals surface area contributed by atoms with Crippen molar-refractivity contribution >= 4 is 11.2 Å². The summed E-state index contributed by atoms with van der Waals surface area (Å²) in [7, 11) is 0. The van der Waals surface area contributed by atoms with Gasteiger partial charge < -0.3 is 4.42 Å². The topological polar surface area (TPSA) is 93.4 Å². The molecular formula is C21H20N6O. The van der Waals surface area contributed by atoms with Gasteiger partial charge in [-0.25, -0.2) is 15.0 Å². The number of nitrogens with zero attached hydrogens (tertiary/aromatic N) is 6. The first kappa shape index (κ1) is 17.9. The molecule has 0 radical (unpaired) electrons. The van der Waals surface area contributed by atoms with Crippen molar-refractivity contribution in [3.8, 4) is 28.5 Å². The maximum absolute atomic E-state index is 9.30. The van der Waals surface area contributed by atoms with Crippen molar-refractivity contribution in [3.63, 3.8) is 0 Å². The average Bonchev–Trinajstić information content (AvgIpc) is 3.32. The number of oxazole rings is 1. The van der Waals surface area contributed by atoms with E-state index >= 15 is 0 Å². The van der Waals surface area contributed by atoms with Gasteiger partial charge in [-0.1, -0.05) is 20.3 Å². The lowest BCUT2D eigenvalue weighted by Crippen LogP contribution is -2.06. The summed E-state index contributed by atoms with van der Waals surface area (Å²) in [5.41, 5.74) is 4.81. The van der Waals surface area contributed by atoms with Crippen LogP contribution in [0, 0.1) is 24.2 Å². The van der Waals surface area contributed by atoms with Crippen LogP contribution in [0.2, 0.25) is 0 Å². The number of pyridine rings is 2. The van der Waals surface area contributed by atoms with Gasteiger partial charge in [-0.15, -0.1) is 0 Å². The molecule has 1 unspecified atom stereocenters. The second kappa shape index (κ2) is 7.24. The van der Waals surface area contributed by atoms with E-state index in [0.717, 1.165) is 29.7 Å². The van der Waals surface area contributed by atoms with E-state index in [1.54, 1.807) is 19.2 Å². The first-order valence-corrected chi connectivity index (χ1v) is 9.25. The van der Waals surface area contributed by atoms with Crippen LogP contribution >= 0.6 is 0 Å². The van der Waals surface area contributed by atoms with E-state index in [-0.39, 0.29) is 0 Å². The van der Waals surface area contributed by atoms with Crippen LogP contribution in [-0.4, -0.2) is 24.7 Å². The lowest BCUT2D eigenvalue weighted by molar-refractivity contribution is 0.439. The standard InChI is InChI=1S/C21H20N6O/c1-4-13(2)11-27-12-16(10-24-27)18-6-5-17(8-22)26-20(18)15-7-19-21(23-9-15)28-14(3)25-19/h5-7,9-10,12-13H,4,11H2,1-3H3. The third-order valence-electron chi connectivity index (χ3n) is 4.78. The molecule has 140 valence electrons. The summed E-state index contributed by atoms with van der Waals surface area (Å²) in [5, 5.41) is 13.8. The van der Waals surface area contributed by atoms with Gasteiger partial charge >= 0.3 is 0 Å². The van der Waals surface area contributed by atoms with Gasteiger partial charge in [0, 0.05) is 42.6 Å². The van der Waals surface area contributed by atoms with Gasteiger partial charge in [0.25, 0.3) is 0 Å². The van der Waals surface area contributed by atoms with Gasteiger partial charge in [-0.3, -0.25) is 4.68 Å². The summed E-state index contributed by atoms with van der Waals surface area (Å²) in [6.45, 7) is 7.03. The summed E-state index contributed by atoms with van der Waals surface area (Å²) in [6, 6.07) is 7.62. The molecule has 0 aliphatic rings. The van der Waals surface area contributed by atoms with Crippen LogP contribution in [0.25, 0.3) is 33.6 Å². The first-order valence-electron chi connectivity index (χ1n) is 9.25. The van der Waals surface area contributed by atoms with Gasteiger partial charge in [0.2, 0.25) is 5.71 Å². The smallest absolute Gasteiger partial charge is 0.246 e. The fraction of sp³-hybridized carbons (Fsp3) is 0.286. The van der Waals surface area contributed by atoms with Crippen molar-refractivity contribution in [2.24, 2.45) is 5.92 Å². The monoisotopic (exact) mass is 372 g/mol. The second-order valence-corrected chi connectivity index (χ2v) is 6.95. The summed E-state index contributed by atoms with van der Waals surface area (Å²) in [5.74, 6) is 1.11. The van der Waals surface area contributed by atoms with Crippen LogP contribution in [-0.2, 0) is 6.54 Å². The number of fused-ring (bicyclic) bond motifs is 1. The van der Waals surface area contributed by atoms with E-state index in [0.29, 0.717) is 34.4 Å². The number of hydrogen-bond acceptors (Lipinski definition) is 6. The Kier molecular flexibility index (Phi) is 4.62. The van der Waals surface area contributed by atoms with Crippen molar-refractivity contribution < 1.29 is 4.42 Å². The van der Waals surface area contributed by atoms with Crippen molar-refractivity contribution in [2.75, 3.05) is 0 Å². The van der Waals surface area contributed by atoms with Gasteiger partial charge in [-0.05, 0) is 24.1 Å². The molecule has 0 aliphatic carbocycles. The predicted molar refractivity (Wildman–Crippen MR) is 105 cm³/mol. The minimum atomic E-state index is 0.349. The molecule has 4 aromatic heterocycles. The first-order chi connectivity index (χ1) is 13.6. The van der Waals surface area contributed by atoms with Crippen LogP contribution in [0.3, 0.4) is 0 Å². The highest BCUT2D eigenvalue weighted by Gasteiger charge is 2.15. The highest BCUT2D eigenvalue weighted by atomic mass is 16.4. The third-order valence-corrected chi connectivity index (χ3v) is 4.78. The van der Waals surface area contributed by atoms with E-state index in [9.17, 15) is 5.26 Å². The molecule has 0 amide bonds. The van der Waals surface area contributed by atoms with Crippen LogP contribution in [0.15, 0.2) is 41.2 Å². The van der Waals surface area contributed by atoms with Crippen molar-refractivity contribution in [1.29, 1.82) is 5.26 Å². The summed E-state index contributed by atoms with van der Waals surface area (Å²) in [6.07, 6.45) is 6.65. The molecule has 0 fully saturated rings. The summed E-state index contributed by atoms with van der Waals surface area (Å²) < 4.78 is 7.41. The molecule has 7 nitrogen and oxygen atoms in total. The molecule has 7 heteroatoms. The van der Waals surface area contributed by atoms with E-state index < -0.39 is 0 Å². The highest BCUT2D eigenvalue weighted by molar-refractivity contribution is 5.84. The van der Waals surface area contributed by atoms with E-state index in [1.807, 2.05) is 29.2 Å². The SMILES string of the molecule is CCC(C)Cn1cc(-c2ccc(C#N)nc2-c2cnc3oc(C)nc3c2)cn1. The zero-order valence-corrected chi connectivity index (χ0v) is 16.0. The van der Waals surface area contributed by atoms with Crippen LogP contribution < -0.4 is 0 Å².